The third-order valence-corrected chi connectivity index (χ3v) is 3.83. The van der Waals surface area contributed by atoms with Crippen molar-refractivity contribution in [3.63, 3.8) is 0 Å². The van der Waals surface area contributed by atoms with E-state index in [1.165, 1.54) is 0 Å². The Hall–Kier alpha value is -1.56. The predicted molar refractivity (Wildman–Crippen MR) is 80.6 cm³/mol. The topological polar surface area (TPSA) is 69.7 Å². The van der Waals surface area contributed by atoms with Gasteiger partial charge < -0.3 is 20.8 Å². The van der Waals surface area contributed by atoms with Crippen LogP contribution in [0.1, 0.15) is 0 Å². The van der Waals surface area contributed by atoms with Gasteiger partial charge in [-0.2, -0.15) is 0 Å². The van der Waals surface area contributed by atoms with Crippen LogP contribution in [-0.2, 0) is 0 Å². The maximum atomic E-state index is 9.09. The standard InChI is InChI=1S/C14H18N2O2S/c15-13-4-3-11(16(5-7-17)6-8-18)10-12(13)14-2-1-9-19-14/h1-4,9-10,17-18H,5-8,15H2. The number of aliphatic hydroxyl groups is 2. The molecule has 19 heavy (non-hydrogen) atoms. The fraction of sp³-hybridized carbons (Fsp3) is 0.286. The summed E-state index contributed by atoms with van der Waals surface area (Å²) in [6, 6.07) is 9.81. The molecule has 0 aliphatic rings. The lowest BCUT2D eigenvalue weighted by molar-refractivity contribution is 0.281. The van der Waals surface area contributed by atoms with Crippen molar-refractivity contribution in [2.24, 2.45) is 0 Å². The van der Waals surface area contributed by atoms with E-state index in [4.69, 9.17) is 15.9 Å². The second-order valence-electron chi connectivity index (χ2n) is 4.18. The van der Waals surface area contributed by atoms with Gasteiger partial charge in [0, 0.05) is 34.9 Å². The van der Waals surface area contributed by atoms with Crippen LogP contribution in [0.15, 0.2) is 35.7 Å². The first-order chi connectivity index (χ1) is 9.26. The Morgan fingerprint density at radius 3 is 2.42 bits per heavy atom. The molecule has 2 rings (SSSR count). The van der Waals surface area contributed by atoms with Crippen LogP contribution in [0.3, 0.4) is 0 Å². The molecule has 1 aromatic carbocycles. The molecular formula is C14H18N2O2S. The number of nitrogens with two attached hydrogens (primary N) is 1. The first-order valence-corrected chi connectivity index (χ1v) is 7.04. The van der Waals surface area contributed by atoms with Crippen molar-refractivity contribution in [3.8, 4) is 10.4 Å². The second-order valence-corrected chi connectivity index (χ2v) is 5.13. The van der Waals surface area contributed by atoms with E-state index < -0.39 is 0 Å². The average Bonchev–Trinajstić information content (AvgIpc) is 2.93. The number of hydrogen-bond donors (Lipinski definition) is 3. The fourth-order valence-corrected chi connectivity index (χ4v) is 2.76. The van der Waals surface area contributed by atoms with E-state index >= 15 is 0 Å². The van der Waals surface area contributed by atoms with Gasteiger partial charge in [0.1, 0.15) is 0 Å². The number of rotatable bonds is 6. The van der Waals surface area contributed by atoms with Crippen LogP contribution < -0.4 is 10.6 Å². The van der Waals surface area contributed by atoms with E-state index in [-0.39, 0.29) is 13.2 Å². The van der Waals surface area contributed by atoms with E-state index in [0.717, 1.165) is 21.8 Å². The lowest BCUT2D eigenvalue weighted by Crippen LogP contribution is -2.29. The molecule has 0 spiro atoms. The van der Waals surface area contributed by atoms with Crippen molar-refractivity contribution in [1.29, 1.82) is 0 Å². The minimum atomic E-state index is 0.0543. The zero-order valence-corrected chi connectivity index (χ0v) is 11.4. The maximum Gasteiger partial charge on any atom is 0.0606 e. The first-order valence-electron chi connectivity index (χ1n) is 6.16. The highest BCUT2D eigenvalue weighted by Crippen LogP contribution is 2.33. The van der Waals surface area contributed by atoms with Gasteiger partial charge in [0.2, 0.25) is 0 Å². The number of thiophene rings is 1. The Labute approximate surface area is 116 Å². The van der Waals surface area contributed by atoms with Crippen LogP contribution in [0.5, 0.6) is 0 Å². The quantitative estimate of drug-likeness (QED) is 0.705. The zero-order chi connectivity index (χ0) is 13.7. The third-order valence-electron chi connectivity index (χ3n) is 2.93. The minimum Gasteiger partial charge on any atom is -0.398 e. The molecule has 0 radical (unpaired) electrons. The van der Waals surface area contributed by atoms with Crippen LogP contribution in [0, 0.1) is 0 Å². The van der Waals surface area contributed by atoms with Crippen molar-refractivity contribution in [2.45, 2.75) is 0 Å². The Balaban J connectivity index is 2.34. The van der Waals surface area contributed by atoms with Gasteiger partial charge in [-0.05, 0) is 29.6 Å². The second kappa shape index (κ2) is 6.56. The van der Waals surface area contributed by atoms with Gasteiger partial charge in [-0.25, -0.2) is 0 Å². The molecule has 102 valence electrons. The number of nitrogen functional groups attached to an aromatic ring is 1. The molecule has 2 aromatic rings. The molecule has 4 nitrogen and oxygen atoms in total. The summed E-state index contributed by atoms with van der Waals surface area (Å²) in [5.41, 5.74) is 8.71. The molecular weight excluding hydrogens is 260 g/mol. The van der Waals surface area contributed by atoms with E-state index in [2.05, 4.69) is 0 Å². The molecule has 0 aliphatic heterocycles. The molecule has 4 N–H and O–H groups in total. The molecule has 0 unspecified atom stereocenters. The summed E-state index contributed by atoms with van der Waals surface area (Å²) < 4.78 is 0. The van der Waals surface area contributed by atoms with Crippen LogP contribution in [0.2, 0.25) is 0 Å². The lowest BCUT2D eigenvalue weighted by atomic mass is 10.1. The maximum absolute atomic E-state index is 9.09. The smallest absolute Gasteiger partial charge is 0.0606 e. The summed E-state index contributed by atoms with van der Waals surface area (Å²) in [5, 5.41) is 20.2. The van der Waals surface area contributed by atoms with Gasteiger partial charge in [-0.15, -0.1) is 11.3 Å². The number of aliphatic hydroxyl groups excluding tert-OH is 2. The van der Waals surface area contributed by atoms with Gasteiger partial charge in [-0.3, -0.25) is 0 Å². The summed E-state index contributed by atoms with van der Waals surface area (Å²) in [6.07, 6.45) is 0. The lowest BCUT2D eigenvalue weighted by Gasteiger charge is -2.23. The van der Waals surface area contributed by atoms with E-state index in [1.54, 1.807) is 11.3 Å². The molecule has 5 heteroatoms. The molecule has 1 aromatic heterocycles. The molecule has 0 saturated carbocycles. The highest BCUT2D eigenvalue weighted by Gasteiger charge is 2.10. The molecule has 0 saturated heterocycles. The van der Waals surface area contributed by atoms with Crippen LogP contribution in [0.25, 0.3) is 10.4 Å². The van der Waals surface area contributed by atoms with Crippen LogP contribution >= 0.6 is 11.3 Å². The first kappa shape index (κ1) is 13.9. The van der Waals surface area contributed by atoms with Crippen LogP contribution in [-0.4, -0.2) is 36.5 Å². The SMILES string of the molecule is Nc1ccc(N(CCO)CCO)cc1-c1cccs1. The number of benzene rings is 1. The monoisotopic (exact) mass is 278 g/mol. The molecule has 0 atom stereocenters. The number of hydrogen-bond acceptors (Lipinski definition) is 5. The van der Waals surface area contributed by atoms with Gasteiger partial charge in [0.05, 0.1) is 13.2 Å². The van der Waals surface area contributed by atoms with Gasteiger partial charge >= 0.3 is 0 Å². The zero-order valence-electron chi connectivity index (χ0n) is 10.6. The highest BCUT2D eigenvalue weighted by molar-refractivity contribution is 7.13. The number of nitrogens with zero attached hydrogens (tertiary/aromatic N) is 1. The molecule has 1 heterocycles. The summed E-state index contributed by atoms with van der Waals surface area (Å²) in [6.45, 7) is 1.10. The molecule has 0 aliphatic carbocycles. The van der Waals surface area contributed by atoms with Crippen molar-refractivity contribution < 1.29 is 10.2 Å². The Morgan fingerprint density at radius 1 is 1.11 bits per heavy atom. The Morgan fingerprint density at radius 2 is 1.84 bits per heavy atom. The van der Waals surface area contributed by atoms with E-state index in [1.807, 2.05) is 40.6 Å². The van der Waals surface area contributed by atoms with Gasteiger partial charge in [0.25, 0.3) is 0 Å². The van der Waals surface area contributed by atoms with Crippen molar-refractivity contribution in [1.82, 2.24) is 0 Å². The Kier molecular flexibility index (Phi) is 4.79. The van der Waals surface area contributed by atoms with Gasteiger partial charge in [0.15, 0.2) is 0 Å². The number of anilines is 2. The minimum absolute atomic E-state index is 0.0543. The summed E-state index contributed by atoms with van der Waals surface area (Å²) in [5.74, 6) is 0. The average molecular weight is 278 g/mol. The molecule has 0 fully saturated rings. The van der Waals surface area contributed by atoms with E-state index in [9.17, 15) is 0 Å². The summed E-state index contributed by atoms with van der Waals surface area (Å²) in [4.78, 5) is 3.06. The largest absolute Gasteiger partial charge is 0.398 e. The van der Waals surface area contributed by atoms with Crippen molar-refractivity contribution >= 4 is 22.7 Å². The fourth-order valence-electron chi connectivity index (χ4n) is 2.00. The van der Waals surface area contributed by atoms with Gasteiger partial charge in [-0.1, -0.05) is 6.07 Å². The predicted octanol–water partition coefficient (Wildman–Crippen LogP) is 1.79. The molecule has 0 amide bonds. The normalized spacial score (nSPS) is 10.6. The summed E-state index contributed by atoms with van der Waals surface area (Å²) in [7, 11) is 0. The molecule has 0 bridgehead atoms. The third kappa shape index (κ3) is 3.26. The van der Waals surface area contributed by atoms with E-state index in [0.29, 0.717) is 13.1 Å². The highest BCUT2D eigenvalue weighted by atomic mass is 32.1. The Bertz CT molecular complexity index is 508. The van der Waals surface area contributed by atoms with Crippen LogP contribution in [0.4, 0.5) is 11.4 Å². The summed E-state index contributed by atoms with van der Waals surface area (Å²) >= 11 is 1.64. The van der Waals surface area contributed by atoms with Crippen molar-refractivity contribution in [2.75, 3.05) is 36.9 Å². The van der Waals surface area contributed by atoms with Crippen molar-refractivity contribution in [3.05, 3.63) is 35.7 Å².